The SMILES string of the molecule is OCc1cccc(-c2ccc3nncn3c2)c1. The summed E-state index contributed by atoms with van der Waals surface area (Å²) in [7, 11) is 0. The van der Waals surface area contributed by atoms with Crippen LogP contribution in [0.4, 0.5) is 0 Å². The Hall–Kier alpha value is -2.20. The Balaban J connectivity index is 2.12. The maximum Gasteiger partial charge on any atom is 0.160 e. The minimum atomic E-state index is 0.0582. The second-order valence-electron chi connectivity index (χ2n) is 3.87. The standard InChI is InChI=1S/C13H11N3O/c17-8-10-2-1-3-11(6-10)12-4-5-13-15-14-9-16(13)7-12/h1-7,9,17H,8H2. The van der Waals surface area contributed by atoms with Gasteiger partial charge in [0.15, 0.2) is 5.65 Å². The Morgan fingerprint density at radius 3 is 2.94 bits per heavy atom. The van der Waals surface area contributed by atoms with E-state index in [2.05, 4.69) is 10.2 Å². The third-order valence-electron chi connectivity index (χ3n) is 2.73. The van der Waals surface area contributed by atoms with Crippen molar-refractivity contribution >= 4 is 5.65 Å². The molecule has 3 rings (SSSR count). The molecule has 2 aromatic heterocycles. The molecule has 0 bridgehead atoms. The van der Waals surface area contributed by atoms with Crippen LogP contribution in [0.1, 0.15) is 5.56 Å². The summed E-state index contributed by atoms with van der Waals surface area (Å²) in [6, 6.07) is 11.8. The molecule has 84 valence electrons. The summed E-state index contributed by atoms with van der Waals surface area (Å²) in [5.74, 6) is 0. The van der Waals surface area contributed by atoms with E-state index in [1.54, 1.807) is 6.33 Å². The van der Waals surface area contributed by atoms with Crippen molar-refractivity contribution in [3.8, 4) is 11.1 Å². The fraction of sp³-hybridized carbons (Fsp3) is 0.0769. The number of aliphatic hydroxyl groups is 1. The van der Waals surface area contributed by atoms with E-state index in [4.69, 9.17) is 5.11 Å². The van der Waals surface area contributed by atoms with Crippen LogP contribution in [0.15, 0.2) is 48.9 Å². The Bertz CT molecular complexity index is 660. The highest BCUT2D eigenvalue weighted by Crippen LogP contribution is 2.20. The number of benzene rings is 1. The highest BCUT2D eigenvalue weighted by Gasteiger charge is 2.01. The van der Waals surface area contributed by atoms with Crippen LogP contribution in [0.2, 0.25) is 0 Å². The summed E-state index contributed by atoms with van der Waals surface area (Å²) >= 11 is 0. The smallest absolute Gasteiger partial charge is 0.160 e. The first-order valence-electron chi connectivity index (χ1n) is 5.36. The van der Waals surface area contributed by atoms with Gasteiger partial charge < -0.3 is 5.11 Å². The molecule has 17 heavy (non-hydrogen) atoms. The maximum absolute atomic E-state index is 9.12. The van der Waals surface area contributed by atoms with Crippen LogP contribution in [0.3, 0.4) is 0 Å². The summed E-state index contributed by atoms with van der Waals surface area (Å²) in [6.07, 6.45) is 3.65. The molecule has 0 unspecified atom stereocenters. The molecule has 0 amide bonds. The van der Waals surface area contributed by atoms with Crippen LogP contribution in [0, 0.1) is 0 Å². The summed E-state index contributed by atoms with van der Waals surface area (Å²) in [5, 5.41) is 16.9. The first-order valence-corrected chi connectivity index (χ1v) is 5.36. The zero-order valence-corrected chi connectivity index (χ0v) is 9.11. The molecule has 0 saturated carbocycles. The monoisotopic (exact) mass is 225 g/mol. The van der Waals surface area contributed by atoms with Gasteiger partial charge in [-0.1, -0.05) is 18.2 Å². The highest BCUT2D eigenvalue weighted by molar-refractivity contribution is 5.65. The number of rotatable bonds is 2. The van der Waals surface area contributed by atoms with Crippen molar-refractivity contribution in [3.05, 3.63) is 54.5 Å². The molecule has 3 aromatic rings. The van der Waals surface area contributed by atoms with Crippen molar-refractivity contribution in [2.24, 2.45) is 0 Å². The van der Waals surface area contributed by atoms with Crippen molar-refractivity contribution in [1.82, 2.24) is 14.6 Å². The van der Waals surface area contributed by atoms with Gasteiger partial charge in [0, 0.05) is 6.20 Å². The van der Waals surface area contributed by atoms with Crippen LogP contribution < -0.4 is 0 Å². The Labute approximate surface area is 98.2 Å². The van der Waals surface area contributed by atoms with Crippen LogP contribution >= 0.6 is 0 Å². The van der Waals surface area contributed by atoms with E-state index in [-0.39, 0.29) is 6.61 Å². The van der Waals surface area contributed by atoms with Gasteiger partial charge in [-0.2, -0.15) is 0 Å². The van der Waals surface area contributed by atoms with Gasteiger partial charge in [-0.25, -0.2) is 0 Å². The molecule has 4 heteroatoms. The third kappa shape index (κ3) is 1.79. The number of fused-ring (bicyclic) bond motifs is 1. The number of hydrogen-bond donors (Lipinski definition) is 1. The van der Waals surface area contributed by atoms with Gasteiger partial charge in [0.05, 0.1) is 6.61 Å². The molecular formula is C13H11N3O. The number of aromatic nitrogens is 3. The van der Waals surface area contributed by atoms with E-state index in [0.29, 0.717) is 0 Å². The van der Waals surface area contributed by atoms with Gasteiger partial charge in [-0.3, -0.25) is 4.40 Å². The van der Waals surface area contributed by atoms with Crippen molar-refractivity contribution in [2.45, 2.75) is 6.61 Å². The molecule has 1 aromatic carbocycles. The van der Waals surface area contributed by atoms with Crippen LogP contribution in [0.25, 0.3) is 16.8 Å². The first kappa shape index (κ1) is 9.99. The van der Waals surface area contributed by atoms with E-state index in [9.17, 15) is 0 Å². The van der Waals surface area contributed by atoms with E-state index in [1.807, 2.05) is 47.0 Å². The first-order chi connectivity index (χ1) is 8.36. The van der Waals surface area contributed by atoms with Crippen molar-refractivity contribution in [3.63, 3.8) is 0 Å². The predicted octanol–water partition coefficient (Wildman–Crippen LogP) is 1.89. The lowest BCUT2D eigenvalue weighted by molar-refractivity contribution is 0.282. The lowest BCUT2D eigenvalue weighted by atomic mass is 10.1. The zero-order chi connectivity index (χ0) is 11.7. The van der Waals surface area contributed by atoms with E-state index in [1.165, 1.54) is 0 Å². The van der Waals surface area contributed by atoms with Crippen molar-refractivity contribution in [2.75, 3.05) is 0 Å². The lowest BCUT2D eigenvalue weighted by Gasteiger charge is -2.04. The van der Waals surface area contributed by atoms with Gasteiger partial charge >= 0.3 is 0 Å². The molecule has 0 aliphatic rings. The second-order valence-corrected chi connectivity index (χ2v) is 3.87. The van der Waals surface area contributed by atoms with Crippen LogP contribution in [-0.4, -0.2) is 19.7 Å². The molecule has 0 aliphatic heterocycles. The molecule has 0 spiro atoms. The second kappa shape index (κ2) is 3.99. The molecule has 0 aliphatic carbocycles. The number of aliphatic hydroxyl groups excluding tert-OH is 1. The van der Waals surface area contributed by atoms with Gasteiger partial charge in [0.25, 0.3) is 0 Å². The topological polar surface area (TPSA) is 50.4 Å². The highest BCUT2D eigenvalue weighted by atomic mass is 16.3. The summed E-state index contributed by atoms with van der Waals surface area (Å²) in [6.45, 7) is 0.0582. The average Bonchev–Trinajstić information content (AvgIpc) is 2.86. The van der Waals surface area contributed by atoms with E-state index >= 15 is 0 Å². The van der Waals surface area contributed by atoms with Gasteiger partial charge in [0.2, 0.25) is 0 Å². The molecule has 0 fully saturated rings. The number of pyridine rings is 1. The molecule has 2 heterocycles. The molecule has 0 radical (unpaired) electrons. The van der Waals surface area contributed by atoms with Gasteiger partial charge in [-0.05, 0) is 34.9 Å². The van der Waals surface area contributed by atoms with Crippen LogP contribution in [-0.2, 0) is 6.61 Å². The van der Waals surface area contributed by atoms with Crippen molar-refractivity contribution in [1.29, 1.82) is 0 Å². The maximum atomic E-state index is 9.12. The summed E-state index contributed by atoms with van der Waals surface area (Å²) in [5.41, 5.74) is 3.89. The summed E-state index contributed by atoms with van der Waals surface area (Å²) in [4.78, 5) is 0. The largest absolute Gasteiger partial charge is 0.392 e. The molecule has 4 nitrogen and oxygen atoms in total. The lowest BCUT2D eigenvalue weighted by Crippen LogP contribution is -1.87. The van der Waals surface area contributed by atoms with Crippen LogP contribution in [0.5, 0.6) is 0 Å². The quantitative estimate of drug-likeness (QED) is 0.724. The predicted molar refractivity (Wildman–Crippen MR) is 64.3 cm³/mol. The Morgan fingerprint density at radius 2 is 2.06 bits per heavy atom. The zero-order valence-electron chi connectivity index (χ0n) is 9.11. The summed E-state index contributed by atoms with van der Waals surface area (Å²) < 4.78 is 1.88. The van der Waals surface area contributed by atoms with Gasteiger partial charge in [-0.15, -0.1) is 10.2 Å². The fourth-order valence-electron chi connectivity index (χ4n) is 1.85. The van der Waals surface area contributed by atoms with Crippen molar-refractivity contribution < 1.29 is 5.11 Å². The van der Waals surface area contributed by atoms with E-state index < -0.39 is 0 Å². The normalized spacial score (nSPS) is 10.9. The van der Waals surface area contributed by atoms with E-state index in [0.717, 1.165) is 22.3 Å². The number of nitrogens with zero attached hydrogens (tertiary/aromatic N) is 3. The molecule has 0 saturated heterocycles. The Kier molecular flexibility index (Phi) is 2.34. The minimum Gasteiger partial charge on any atom is -0.392 e. The molecule has 1 N–H and O–H groups in total. The minimum absolute atomic E-state index is 0.0582. The third-order valence-corrected chi connectivity index (χ3v) is 2.73. The molecule has 0 atom stereocenters. The Morgan fingerprint density at radius 1 is 1.12 bits per heavy atom. The fourth-order valence-corrected chi connectivity index (χ4v) is 1.85. The number of hydrogen-bond acceptors (Lipinski definition) is 3. The van der Waals surface area contributed by atoms with Gasteiger partial charge in [0.1, 0.15) is 6.33 Å². The average molecular weight is 225 g/mol. The molecular weight excluding hydrogens is 214 g/mol.